The molecule has 1 N–H and O–H groups in total. The van der Waals surface area contributed by atoms with E-state index in [0.717, 1.165) is 43.2 Å². The van der Waals surface area contributed by atoms with Crippen LogP contribution in [-0.4, -0.2) is 40.8 Å². The van der Waals surface area contributed by atoms with Crippen molar-refractivity contribution in [3.8, 4) is 5.88 Å². The first-order chi connectivity index (χ1) is 10.8. The average molecular weight is 319 g/mol. The molecule has 118 valence electrons. The Morgan fingerprint density at radius 3 is 2.91 bits per heavy atom. The van der Waals surface area contributed by atoms with Crippen LogP contribution in [0.15, 0.2) is 23.7 Å². The molecule has 22 heavy (non-hydrogen) atoms. The van der Waals surface area contributed by atoms with Crippen molar-refractivity contribution < 1.29 is 4.74 Å². The van der Waals surface area contributed by atoms with Crippen LogP contribution in [0.2, 0.25) is 0 Å². The van der Waals surface area contributed by atoms with Gasteiger partial charge in [-0.1, -0.05) is 0 Å². The van der Waals surface area contributed by atoms with E-state index in [-0.39, 0.29) is 6.04 Å². The van der Waals surface area contributed by atoms with Crippen molar-refractivity contribution in [2.45, 2.75) is 31.8 Å². The number of nitrogens with zero attached hydrogens (tertiary/aromatic N) is 4. The van der Waals surface area contributed by atoms with Gasteiger partial charge in [-0.25, -0.2) is 0 Å². The van der Waals surface area contributed by atoms with Gasteiger partial charge >= 0.3 is 0 Å². The molecule has 0 saturated carbocycles. The number of methoxy groups -OCH3 is 1. The summed E-state index contributed by atoms with van der Waals surface area (Å²) in [5, 5.41) is 13.9. The Bertz CT molecular complexity index is 583. The molecule has 3 heterocycles. The molecule has 6 nitrogen and oxygen atoms in total. The summed E-state index contributed by atoms with van der Waals surface area (Å²) in [5.74, 6) is 1.71. The van der Waals surface area contributed by atoms with Gasteiger partial charge in [-0.3, -0.25) is 0 Å². The van der Waals surface area contributed by atoms with Crippen molar-refractivity contribution in [2.75, 3.05) is 25.1 Å². The summed E-state index contributed by atoms with van der Waals surface area (Å²) in [7, 11) is 1.67. The lowest BCUT2D eigenvalue weighted by Crippen LogP contribution is -2.43. The third-order valence-electron chi connectivity index (χ3n) is 4.08. The second kappa shape index (κ2) is 7.02. The summed E-state index contributed by atoms with van der Waals surface area (Å²) in [6.45, 7) is 4.17. The third kappa shape index (κ3) is 3.36. The van der Waals surface area contributed by atoms with E-state index >= 15 is 0 Å². The van der Waals surface area contributed by atoms with Crippen LogP contribution in [0.25, 0.3) is 0 Å². The highest BCUT2D eigenvalue weighted by molar-refractivity contribution is 7.03. The predicted molar refractivity (Wildman–Crippen MR) is 87.5 cm³/mol. The number of hydrogen-bond acceptors (Lipinski definition) is 7. The molecule has 2 aromatic rings. The van der Waals surface area contributed by atoms with E-state index in [2.05, 4.69) is 37.1 Å². The van der Waals surface area contributed by atoms with Crippen LogP contribution in [0.1, 0.15) is 31.4 Å². The molecule has 0 spiro atoms. The number of rotatable bonds is 5. The van der Waals surface area contributed by atoms with Crippen molar-refractivity contribution in [3.05, 3.63) is 29.3 Å². The Labute approximate surface area is 134 Å². The zero-order valence-electron chi connectivity index (χ0n) is 12.9. The topological polar surface area (TPSA) is 63.2 Å². The second-order valence-corrected chi connectivity index (χ2v) is 6.14. The molecular formula is C15H21N5OS. The maximum atomic E-state index is 5.31. The predicted octanol–water partition coefficient (Wildman–Crippen LogP) is 2.26. The first kappa shape index (κ1) is 15.2. The molecule has 1 fully saturated rings. The molecule has 0 amide bonds. The standard InChI is InChI=1S/C15H21N5OS/c1-11(13-10-22-19-15(13)21-2)17-12-5-8-20(9-6-12)14-4-3-7-16-18-14/h3-4,7,10-12,17H,5-6,8-9H2,1-2H3. The lowest BCUT2D eigenvalue weighted by Gasteiger charge is -2.34. The zero-order valence-corrected chi connectivity index (χ0v) is 13.7. The summed E-state index contributed by atoms with van der Waals surface area (Å²) in [4.78, 5) is 2.29. The highest BCUT2D eigenvalue weighted by atomic mass is 32.1. The minimum absolute atomic E-state index is 0.252. The van der Waals surface area contributed by atoms with Gasteiger partial charge < -0.3 is 15.0 Å². The zero-order chi connectivity index (χ0) is 15.4. The Morgan fingerprint density at radius 1 is 1.41 bits per heavy atom. The second-order valence-electron chi connectivity index (χ2n) is 5.51. The first-order valence-corrected chi connectivity index (χ1v) is 8.38. The minimum Gasteiger partial charge on any atom is -0.480 e. The van der Waals surface area contributed by atoms with E-state index < -0.39 is 0 Å². The van der Waals surface area contributed by atoms with Gasteiger partial charge in [-0.15, -0.1) is 5.10 Å². The fraction of sp³-hybridized carbons (Fsp3) is 0.533. The number of ether oxygens (including phenoxy) is 1. The maximum absolute atomic E-state index is 5.31. The van der Waals surface area contributed by atoms with Crippen molar-refractivity contribution in [2.24, 2.45) is 0 Å². The summed E-state index contributed by atoms with van der Waals surface area (Å²) in [6.07, 6.45) is 3.91. The molecule has 0 bridgehead atoms. The Hall–Kier alpha value is -1.73. The number of aromatic nitrogens is 3. The van der Waals surface area contributed by atoms with E-state index in [9.17, 15) is 0 Å². The van der Waals surface area contributed by atoms with Crippen molar-refractivity contribution in [1.82, 2.24) is 19.9 Å². The number of piperidine rings is 1. The van der Waals surface area contributed by atoms with E-state index in [4.69, 9.17) is 4.74 Å². The number of hydrogen-bond donors (Lipinski definition) is 1. The van der Waals surface area contributed by atoms with Crippen LogP contribution in [0.5, 0.6) is 5.88 Å². The SMILES string of the molecule is COc1nscc1C(C)NC1CCN(c2cccnn2)CC1. The summed E-state index contributed by atoms with van der Waals surface area (Å²) in [5.41, 5.74) is 1.14. The highest BCUT2D eigenvalue weighted by Gasteiger charge is 2.23. The van der Waals surface area contributed by atoms with Gasteiger partial charge in [0.25, 0.3) is 0 Å². The minimum atomic E-state index is 0.252. The van der Waals surface area contributed by atoms with Crippen LogP contribution >= 0.6 is 11.5 Å². The molecule has 1 aliphatic heterocycles. The quantitative estimate of drug-likeness (QED) is 0.912. The smallest absolute Gasteiger partial charge is 0.229 e. The lowest BCUT2D eigenvalue weighted by atomic mass is 10.0. The molecule has 0 radical (unpaired) electrons. The van der Waals surface area contributed by atoms with E-state index in [0.29, 0.717) is 6.04 Å². The van der Waals surface area contributed by atoms with E-state index in [1.54, 1.807) is 13.3 Å². The Morgan fingerprint density at radius 2 is 2.23 bits per heavy atom. The normalized spacial score (nSPS) is 17.5. The van der Waals surface area contributed by atoms with Gasteiger partial charge in [-0.2, -0.15) is 9.47 Å². The lowest BCUT2D eigenvalue weighted by molar-refractivity contribution is 0.360. The van der Waals surface area contributed by atoms with Crippen LogP contribution in [0.4, 0.5) is 5.82 Å². The average Bonchev–Trinajstić information content (AvgIpc) is 3.05. The monoisotopic (exact) mass is 319 g/mol. The molecule has 1 saturated heterocycles. The summed E-state index contributed by atoms with van der Waals surface area (Å²) >= 11 is 1.44. The molecule has 3 rings (SSSR count). The van der Waals surface area contributed by atoms with Gasteiger partial charge in [0.05, 0.1) is 7.11 Å². The molecular weight excluding hydrogens is 298 g/mol. The highest BCUT2D eigenvalue weighted by Crippen LogP contribution is 2.27. The van der Waals surface area contributed by atoms with Gasteiger partial charge in [0.2, 0.25) is 5.88 Å². The largest absolute Gasteiger partial charge is 0.480 e. The van der Waals surface area contributed by atoms with Crippen LogP contribution in [0.3, 0.4) is 0 Å². The van der Waals surface area contributed by atoms with Crippen molar-refractivity contribution in [1.29, 1.82) is 0 Å². The van der Waals surface area contributed by atoms with Crippen molar-refractivity contribution >= 4 is 17.4 Å². The van der Waals surface area contributed by atoms with Gasteiger partial charge in [-0.05, 0) is 43.4 Å². The van der Waals surface area contributed by atoms with Gasteiger partial charge in [0.1, 0.15) is 0 Å². The number of nitrogens with one attached hydrogen (secondary N) is 1. The number of anilines is 1. The maximum Gasteiger partial charge on any atom is 0.229 e. The third-order valence-corrected chi connectivity index (χ3v) is 4.72. The van der Waals surface area contributed by atoms with Crippen LogP contribution < -0.4 is 15.0 Å². The fourth-order valence-electron chi connectivity index (χ4n) is 2.86. The molecule has 2 aromatic heterocycles. The Kier molecular flexibility index (Phi) is 4.84. The van der Waals surface area contributed by atoms with Crippen LogP contribution in [-0.2, 0) is 0 Å². The summed E-state index contributed by atoms with van der Waals surface area (Å²) in [6, 6.07) is 4.71. The summed E-state index contributed by atoms with van der Waals surface area (Å²) < 4.78 is 9.56. The van der Waals surface area contributed by atoms with E-state index in [1.165, 1.54) is 11.5 Å². The fourth-order valence-corrected chi connectivity index (χ4v) is 3.60. The van der Waals surface area contributed by atoms with Gasteiger partial charge in [0, 0.05) is 42.3 Å². The van der Waals surface area contributed by atoms with Crippen LogP contribution in [0, 0.1) is 0 Å². The van der Waals surface area contributed by atoms with Gasteiger partial charge in [0.15, 0.2) is 5.82 Å². The first-order valence-electron chi connectivity index (χ1n) is 7.55. The molecule has 1 unspecified atom stereocenters. The molecule has 1 atom stereocenters. The van der Waals surface area contributed by atoms with E-state index in [1.807, 2.05) is 12.1 Å². The molecule has 7 heteroatoms. The van der Waals surface area contributed by atoms with Crippen molar-refractivity contribution in [3.63, 3.8) is 0 Å². The molecule has 0 aromatic carbocycles. The Balaban J connectivity index is 1.54. The molecule has 1 aliphatic rings. The molecule has 0 aliphatic carbocycles.